The molecule has 0 radical (unpaired) electrons. The predicted molar refractivity (Wildman–Crippen MR) is 63.1 cm³/mol. The van der Waals surface area contributed by atoms with Gasteiger partial charge in [-0.1, -0.05) is 13.8 Å². The fourth-order valence-electron chi connectivity index (χ4n) is 1.42. The summed E-state index contributed by atoms with van der Waals surface area (Å²) in [5.74, 6) is 0.539. The summed E-state index contributed by atoms with van der Waals surface area (Å²) >= 11 is 0. The van der Waals surface area contributed by atoms with Crippen LogP contribution in [0.5, 0.6) is 0 Å². The van der Waals surface area contributed by atoms with Gasteiger partial charge in [0.25, 0.3) is 0 Å². The van der Waals surface area contributed by atoms with Gasteiger partial charge in [0.1, 0.15) is 0 Å². The van der Waals surface area contributed by atoms with Crippen LogP contribution in [0.15, 0.2) is 18.5 Å². The van der Waals surface area contributed by atoms with Crippen LogP contribution < -0.4 is 5.32 Å². The molecule has 1 unspecified atom stereocenters. The van der Waals surface area contributed by atoms with Crippen molar-refractivity contribution in [2.75, 3.05) is 19.0 Å². The summed E-state index contributed by atoms with van der Waals surface area (Å²) < 4.78 is 5.20. The van der Waals surface area contributed by atoms with Crippen molar-refractivity contribution in [2.45, 2.75) is 26.8 Å². The first-order valence-electron chi connectivity index (χ1n) is 5.31. The molecule has 0 aliphatic carbocycles. The average molecular weight is 208 g/mol. The maximum atomic E-state index is 5.20. The fraction of sp³-hybridized carbons (Fsp3) is 0.583. The first-order chi connectivity index (χ1) is 7.15. The van der Waals surface area contributed by atoms with Crippen molar-refractivity contribution in [2.24, 2.45) is 5.92 Å². The summed E-state index contributed by atoms with van der Waals surface area (Å²) in [4.78, 5) is 4.07. The Morgan fingerprint density at radius 1 is 1.47 bits per heavy atom. The summed E-state index contributed by atoms with van der Waals surface area (Å²) in [7, 11) is 1.73. The highest BCUT2D eigenvalue weighted by Gasteiger charge is 2.13. The van der Waals surface area contributed by atoms with Gasteiger partial charge in [-0.15, -0.1) is 0 Å². The molecule has 0 aromatic carbocycles. The molecule has 0 saturated carbocycles. The lowest BCUT2D eigenvalue weighted by Crippen LogP contribution is -2.30. The van der Waals surface area contributed by atoms with E-state index in [0.717, 1.165) is 12.3 Å². The van der Waals surface area contributed by atoms with E-state index >= 15 is 0 Å². The van der Waals surface area contributed by atoms with Gasteiger partial charge in [0.15, 0.2) is 0 Å². The smallest absolute Gasteiger partial charge is 0.0666 e. The van der Waals surface area contributed by atoms with E-state index in [9.17, 15) is 0 Å². The molecular weight excluding hydrogens is 188 g/mol. The molecule has 1 rings (SSSR count). The van der Waals surface area contributed by atoms with Crippen LogP contribution >= 0.6 is 0 Å². The minimum Gasteiger partial charge on any atom is -0.383 e. The Morgan fingerprint density at radius 3 is 2.73 bits per heavy atom. The van der Waals surface area contributed by atoms with Crippen LogP contribution in [-0.4, -0.2) is 24.7 Å². The van der Waals surface area contributed by atoms with Crippen LogP contribution in [-0.2, 0) is 4.74 Å². The van der Waals surface area contributed by atoms with Crippen molar-refractivity contribution in [3.8, 4) is 0 Å². The van der Waals surface area contributed by atoms with Crippen molar-refractivity contribution >= 4 is 5.69 Å². The number of hydrogen-bond acceptors (Lipinski definition) is 3. The predicted octanol–water partition coefficient (Wildman–Crippen LogP) is 2.47. The number of rotatable bonds is 5. The van der Waals surface area contributed by atoms with Gasteiger partial charge >= 0.3 is 0 Å². The molecule has 84 valence electrons. The topological polar surface area (TPSA) is 34.1 Å². The Hall–Kier alpha value is -1.09. The molecule has 3 nitrogen and oxygen atoms in total. The second-order valence-corrected chi connectivity index (χ2v) is 4.14. The average Bonchev–Trinajstić information content (AvgIpc) is 2.20. The molecule has 1 aromatic rings. The number of nitrogens with zero attached hydrogens (tertiary/aromatic N) is 1. The Morgan fingerprint density at radius 2 is 2.20 bits per heavy atom. The zero-order valence-corrected chi connectivity index (χ0v) is 9.95. The minimum absolute atomic E-state index is 0.344. The minimum atomic E-state index is 0.344. The number of anilines is 1. The van der Waals surface area contributed by atoms with Crippen molar-refractivity contribution in [3.63, 3.8) is 0 Å². The largest absolute Gasteiger partial charge is 0.383 e. The van der Waals surface area contributed by atoms with Crippen LogP contribution in [0.25, 0.3) is 0 Å². The molecule has 1 aromatic heterocycles. The van der Waals surface area contributed by atoms with Crippen LogP contribution in [0.2, 0.25) is 0 Å². The van der Waals surface area contributed by atoms with E-state index in [-0.39, 0.29) is 0 Å². The summed E-state index contributed by atoms with van der Waals surface area (Å²) in [6.45, 7) is 7.15. The van der Waals surface area contributed by atoms with Gasteiger partial charge < -0.3 is 10.1 Å². The Labute approximate surface area is 91.9 Å². The number of ether oxygens (including phenoxy) is 1. The lowest BCUT2D eigenvalue weighted by molar-refractivity contribution is 0.171. The number of nitrogens with one attached hydrogen (secondary N) is 1. The van der Waals surface area contributed by atoms with E-state index in [2.05, 4.69) is 31.1 Å². The molecule has 0 aliphatic rings. The quantitative estimate of drug-likeness (QED) is 0.807. The Bertz CT molecular complexity index is 299. The van der Waals surface area contributed by atoms with Gasteiger partial charge in [-0.05, 0) is 24.5 Å². The van der Waals surface area contributed by atoms with Gasteiger partial charge in [0.2, 0.25) is 0 Å². The van der Waals surface area contributed by atoms with Gasteiger partial charge in [0.05, 0.1) is 12.6 Å². The normalized spacial score (nSPS) is 12.9. The van der Waals surface area contributed by atoms with Gasteiger partial charge in [-0.25, -0.2) is 0 Å². The Balaban J connectivity index is 2.69. The number of aromatic nitrogens is 1. The lowest BCUT2D eigenvalue weighted by Gasteiger charge is -2.23. The van der Waals surface area contributed by atoms with Crippen molar-refractivity contribution < 1.29 is 4.74 Å². The van der Waals surface area contributed by atoms with E-state index in [0.29, 0.717) is 12.0 Å². The van der Waals surface area contributed by atoms with E-state index in [1.54, 1.807) is 13.3 Å². The zero-order chi connectivity index (χ0) is 11.3. The second-order valence-electron chi connectivity index (χ2n) is 4.14. The van der Waals surface area contributed by atoms with Crippen molar-refractivity contribution in [3.05, 3.63) is 24.0 Å². The summed E-state index contributed by atoms with van der Waals surface area (Å²) in [5.41, 5.74) is 2.31. The second kappa shape index (κ2) is 5.71. The Kier molecular flexibility index (Phi) is 4.56. The summed E-state index contributed by atoms with van der Waals surface area (Å²) in [5, 5.41) is 3.48. The van der Waals surface area contributed by atoms with Gasteiger partial charge in [-0.3, -0.25) is 4.98 Å². The van der Waals surface area contributed by atoms with Crippen LogP contribution in [0, 0.1) is 12.8 Å². The highest BCUT2D eigenvalue weighted by atomic mass is 16.5. The maximum absolute atomic E-state index is 5.20. The van der Waals surface area contributed by atoms with E-state index in [1.165, 1.54) is 5.56 Å². The van der Waals surface area contributed by atoms with Crippen LogP contribution in [0.4, 0.5) is 5.69 Å². The first kappa shape index (κ1) is 12.0. The third kappa shape index (κ3) is 3.51. The molecule has 0 amide bonds. The van der Waals surface area contributed by atoms with Gasteiger partial charge in [0, 0.05) is 25.2 Å². The van der Waals surface area contributed by atoms with Crippen molar-refractivity contribution in [1.29, 1.82) is 0 Å². The van der Waals surface area contributed by atoms with Gasteiger partial charge in [-0.2, -0.15) is 0 Å². The highest BCUT2D eigenvalue weighted by molar-refractivity contribution is 5.49. The highest BCUT2D eigenvalue weighted by Crippen LogP contribution is 2.16. The molecule has 3 heteroatoms. The fourth-order valence-corrected chi connectivity index (χ4v) is 1.42. The van der Waals surface area contributed by atoms with Crippen LogP contribution in [0.3, 0.4) is 0 Å². The molecule has 15 heavy (non-hydrogen) atoms. The standard InChI is InChI=1S/C12H20N2O/c1-9(2)12(8-15-4)14-11-5-6-13-7-10(11)3/h5-7,9,12H,8H2,1-4H3,(H,13,14). The summed E-state index contributed by atoms with van der Waals surface area (Å²) in [6.07, 6.45) is 3.67. The van der Waals surface area contributed by atoms with Crippen molar-refractivity contribution in [1.82, 2.24) is 4.98 Å². The number of hydrogen-bond donors (Lipinski definition) is 1. The third-order valence-electron chi connectivity index (χ3n) is 2.51. The molecule has 1 atom stereocenters. The van der Waals surface area contributed by atoms with Crippen LogP contribution in [0.1, 0.15) is 19.4 Å². The molecule has 0 fully saturated rings. The third-order valence-corrected chi connectivity index (χ3v) is 2.51. The lowest BCUT2D eigenvalue weighted by atomic mass is 10.0. The number of pyridine rings is 1. The van der Waals surface area contributed by atoms with E-state index < -0.39 is 0 Å². The molecule has 1 N–H and O–H groups in total. The molecule has 0 saturated heterocycles. The van der Waals surface area contributed by atoms with E-state index in [1.807, 2.05) is 12.3 Å². The SMILES string of the molecule is COCC(Nc1ccncc1C)C(C)C. The number of aryl methyl sites for hydroxylation is 1. The zero-order valence-electron chi connectivity index (χ0n) is 9.95. The maximum Gasteiger partial charge on any atom is 0.0666 e. The molecule has 0 aliphatic heterocycles. The van der Waals surface area contributed by atoms with E-state index in [4.69, 9.17) is 4.74 Å². The number of methoxy groups -OCH3 is 1. The molecule has 1 heterocycles. The molecular formula is C12H20N2O. The summed E-state index contributed by atoms with van der Waals surface area (Å²) in [6, 6.07) is 2.34. The molecule has 0 bridgehead atoms. The molecule has 0 spiro atoms. The monoisotopic (exact) mass is 208 g/mol. The first-order valence-corrected chi connectivity index (χ1v) is 5.31.